The SMILES string of the molecule is COC(=O)C(C)(C)N/C=C\C(=N)C(=O)O. The standard InChI is InChI=1S/C9H14N2O4/c1-9(2,8(14)15-3)11-5-4-6(10)7(12)13/h4-5,10-11H,1-3H3,(H,12,13)/b5-4-,10-6?. The molecule has 0 saturated heterocycles. The lowest BCUT2D eigenvalue weighted by atomic mass is 10.1. The predicted molar refractivity (Wildman–Crippen MR) is 53.7 cm³/mol. The van der Waals surface area contributed by atoms with Crippen molar-refractivity contribution in [2.75, 3.05) is 7.11 Å². The van der Waals surface area contributed by atoms with Crippen LogP contribution in [0.5, 0.6) is 0 Å². The molecular weight excluding hydrogens is 200 g/mol. The summed E-state index contributed by atoms with van der Waals surface area (Å²) in [5.74, 6) is -1.81. The zero-order chi connectivity index (χ0) is 12.1. The van der Waals surface area contributed by atoms with Crippen molar-refractivity contribution in [3.8, 4) is 0 Å². The maximum absolute atomic E-state index is 11.2. The van der Waals surface area contributed by atoms with Gasteiger partial charge in [0.05, 0.1) is 7.11 Å². The first kappa shape index (κ1) is 13.2. The molecule has 6 nitrogen and oxygen atoms in total. The second-order valence-electron chi connectivity index (χ2n) is 3.31. The highest BCUT2D eigenvalue weighted by atomic mass is 16.5. The molecule has 0 heterocycles. The fourth-order valence-electron chi connectivity index (χ4n) is 0.719. The van der Waals surface area contributed by atoms with Crippen LogP contribution in [0.4, 0.5) is 0 Å². The molecule has 6 heteroatoms. The Balaban J connectivity index is 4.32. The number of aliphatic carboxylic acids is 1. The van der Waals surface area contributed by atoms with Crippen LogP contribution in [-0.2, 0) is 14.3 Å². The Hall–Kier alpha value is -1.85. The lowest BCUT2D eigenvalue weighted by Crippen LogP contribution is -2.44. The van der Waals surface area contributed by atoms with Gasteiger partial charge in [-0.05, 0) is 26.1 Å². The zero-order valence-corrected chi connectivity index (χ0v) is 8.83. The van der Waals surface area contributed by atoms with E-state index in [1.807, 2.05) is 0 Å². The fourth-order valence-corrected chi connectivity index (χ4v) is 0.719. The highest BCUT2D eigenvalue weighted by Gasteiger charge is 2.26. The molecule has 0 bridgehead atoms. The van der Waals surface area contributed by atoms with Crippen molar-refractivity contribution in [2.24, 2.45) is 0 Å². The average Bonchev–Trinajstić information content (AvgIpc) is 2.15. The van der Waals surface area contributed by atoms with Crippen LogP contribution >= 0.6 is 0 Å². The van der Waals surface area contributed by atoms with Crippen molar-refractivity contribution < 1.29 is 19.4 Å². The van der Waals surface area contributed by atoms with Gasteiger partial charge in [0.1, 0.15) is 11.3 Å². The third kappa shape index (κ3) is 4.26. The summed E-state index contributed by atoms with van der Waals surface area (Å²) in [6, 6.07) is 0. The molecule has 0 unspecified atom stereocenters. The van der Waals surface area contributed by atoms with E-state index in [0.29, 0.717) is 0 Å². The van der Waals surface area contributed by atoms with Gasteiger partial charge in [0.25, 0.3) is 0 Å². The lowest BCUT2D eigenvalue weighted by Gasteiger charge is -2.21. The first-order chi connectivity index (χ1) is 6.81. The number of carboxylic acids is 1. The maximum atomic E-state index is 11.2. The predicted octanol–water partition coefficient (Wildman–Crippen LogP) is 0.146. The minimum absolute atomic E-state index is 0.478. The van der Waals surface area contributed by atoms with Gasteiger partial charge in [-0.3, -0.25) is 5.41 Å². The van der Waals surface area contributed by atoms with Gasteiger partial charge >= 0.3 is 11.9 Å². The van der Waals surface area contributed by atoms with Crippen LogP contribution in [0, 0.1) is 5.41 Å². The van der Waals surface area contributed by atoms with Gasteiger partial charge in [0.15, 0.2) is 0 Å². The van der Waals surface area contributed by atoms with Crippen molar-refractivity contribution in [2.45, 2.75) is 19.4 Å². The molecule has 0 amide bonds. The number of carboxylic acid groups (broad SMARTS) is 1. The number of esters is 1. The van der Waals surface area contributed by atoms with Gasteiger partial charge in [0.2, 0.25) is 0 Å². The summed E-state index contributed by atoms with van der Waals surface area (Å²) >= 11 is 0. The number of methoxy groups -OCH3 is 1. The Morgan fingerprint density at radius 1 is 1.47 bits per heavy atom. The maximum Gasteiger partial charge on any atom is 0.353 e. The van der Waals surface area contributed by atoms with E-state index < -0.39 is 23.2 Å². The Morgan fingerprint density at radius 2 is 2.00 bits per heavy atom. The number of rotatable bonds is 5. The summed E-state index contributed by atoms with van der Waals surface area (Å²) in [4.78, 5) is 21.4. The molecule has 0 aliphatic rings. The molecule has 0 rings (SSSR count). The molecule has 84 valence electrons. The van der Waals surface area contributed by atoms with Gasteiger partial charge in [-0.15, -0.1) is 0 Å². The number of carbonyl (C=O) groups is 2. The minimum Gasteiger partial charge on any atom is -0.477 e. The summed E-state index contributed by atoms with van der Waals surface area (Å²) in [5.41, 5.74) is -1.52. The molecular formula is C9H14N2O4. The van der Waals surface area contributed by atoms with E-state index in [0.717, 1.165) is 6.08 Å². The summed E-state index contributed by atoms with van der Waals surface area (Å²) in [7, 11) is 1.26. The molecule has 0 aliphatic heterocycles. The van der Waals surface area contributed by atoms with Crippen molar-refractivity contribution in [3.63, 3.8) is 0 Å². The Bertz CT molecular complexity index is 307. The summed E-state index contributed by atoms with van der Waals surface area (Å²) in [6.45, 7) is 3.15. The van der Waals surface area contributed by atoms with Crippen LogP contribution in [0.15, 0.2) is 12.3 Å². The Labute approximate surface area is 87.4 Å². The van der Waals surface area contributed by atoms with Crippen LogP contribution in [0.25, 0.3) is 0 Å². The molecule has 0 saturated carbocycles. The van der Waals surface area contributed by atoms with Crippen LogP contribution in [0.3, 0.4) is 0 Å². The van der Waals surface area contributed by atoms with Gasteiger partial charge in [0, 0.05) is 0 Å². The molecule has 3 N–H and O–H groups in total. The molecule has 0 atom stereocenters. The van der Waals surface area contributed by atoms with Gasteiger partial charge in [-0.25, -0.2) is 9.59 Å². The van der Waals surface area contributed by atoms with Crippen molar-refractivity contribution in [1.82, 2.24) is 5.32 Å². The number of hydrogen-bond donors (Lipinski definition) is 3. The van der Waals surface area contributed by atoms with Crippen LogP contribution < -0.4 is 5.32 Å². The average molecular weight is 214 g/mol. The first-order valence-corrected chi connectivity index (χ1v) is 4.15. The number of hydrogen-bond acceptors (Lipinski definition) is 5. The van der Waals surface area contributed by atoms with Crippen molar-refractivity contribution in [1.29, 1.82) is 5.41 Å². The normalized spacial score (nSPS) is 11.1. The second kappa shape index (κ2) is 5.14. The van der Waals surface area contributed by atoms with E-state index in [4.69, 9.17) is 10.5 Å². The van der Waals surface area contributed by atoms with E-state index in [1.165, 1.54) is 13.3 Å². The van der Waals surface area contributed by atoms with E-state index >= 15 is 0 Å². The molecule has 0 aliphatic carbocycles. The number of nitrogens with one attached hydrogen (secondary N) is 2. The molecule has 0 aromatic rings. The largest absolute Gasteiger partial charge is 0.477 e. The molecule has 0 aromatic heterocycles. The smallest absolute Gasteiger partial charge is 0.353 e. The molecule has 0 spiro atoms. The van der Waals surface area contributed by atoms with E-state index in [-0.39, 0.29) is 0 Å². The topological polar surface area (TPSA) is 99.5 Å². The fraction of sp³-hybridized carbons (Fsp3) is 0.444. The van der Waals surface area contributed by atoms with Gasteiger partial charge in [-0.1, -0.05) is 0 Å². The van der Waals surface area contributed by atoms with E-state index in [2.05, 4.69) is 10.1 Å². The third-order valence-electron chi connectivity index (χ3n) is 1.62. The summed E-state index contributed by atoms with van der Waals surface area (Å²) in [5, 5.41) is 18.0. The van der Waals surface area contributed by atoms with Crippen LogP contribution in [-0.4, -0.2) is 35.4 Å². The van der Waals surface area contributed by atoms with Crippen LogP contribution in [0.1, 0.15) is 13.8 Å². The quantitative estimate of drug-likeness (QED) is 0.446. The number of ether oxygens (including phenoxy) is 1. The first-order valence-electron chi connectivity index (χ1n) is 4.15. The Morgan fingerprint density at radius 3 is 2.40 bits per heavy atom. The lowest BCUT2D eigenvalue weighted by molar-refractivity contribution is -0.146. The number of carbonyl (C=O) groups excluding carboxylic acids is 1. The Kier molecular flexibility index (Phi) is 4.50. The summed E-state index contributed by atoms with van der Waals surface area (Å²) in [6.07, 6.45) is 2.28. The summed E-state index contributed by atoms with van der Waals surface area (Å²) < 4.78 is 4.51. The van der Waals surface area contributed by atoms with Crippen molar-refractivity contribution >= 4 is 17.7 Å². The monoisotopic (exact) mass is 214 g/mol. The minimum atomic E-state index is -1.33. The van der Waals surface area contributed by atoms with Gasteiger partial charge in [-0.2, -0.15) is 0 Å². The molecule has 15 heavy (non-hydrogen) atoms. The molecule has 0 fully saturated rings. The molecule has 0 aromatic carbocycles. The van der Waals surface area contributed by atoms with Crippen molar-refractivity contribution in [3.05, 3.63) is 12.3 Å². The zero-order valence-electron chi connectivity index (χ0n) is 8.83. The van der Waals surface area contributed by atoms with E-state index in [9.17, 15) is 9.59 Å². The highest BCUT2D eigenvalue weighted by Crippen LogP contribution is 2.03. The second-order valence-corrected chi connectivity index (χ2v) is 3.31. The highest BCUT2D eigenvalue weighted by molar-refractivity contribution is 6.38. The molecule has 0 radical (unpaired) electrons. The van der Waals surface area contributed by atoms with Crippen LogP contribution in [0.2, 0.25) is 0 Å². The van der Waals surface area contributed by atoms with Gasteiger partial charge < -0.3 is 15.2 Å². The van der Waals surface area contributed by atoms with E-state index in [1.54, 1.807) is 13.8 Å². The third-order valence-corrected chi connectivity index (χ3v) is 1.62.